The molecule has 0 radical (unpaired) electrons. The van der Waals surface area contributed by atoms with Gasteiger partial charge in [-0.05, 0) is 62.6 Å². The molecule has 0 bridgehead atoms. The second-order valence-corrected chi connectivity index (χ2v) is 14.6. The van der Waals surface area contributed by atoms with Crippen molar-refractivity contribution in [1.29, 1.82) is 0 Å². The number of aryl methyl sites for hydroxylation is 1. The number of esters is 1. The Morgan fingerprint density at radius 2 is 1.84 bits per heavy atom. The molecule has 4 rings (SSSR count). The number of aromatic nitrogens is 1. The molecule has 0 spiro atoms. The highest BCUT2D eigenvalue weighted by Gasteiger charge is 2.48. The molecule has 1 saturated carbocycles. The molecular formula is C32H40Cl3N5O5. The van der Waals surface area contributed by atoms with Crippen molar-refractivity contribution >= 4 is 75.5 Å². The zero-order valence-electron chi connectivity index (χ0n) is 25.9. The molecule has 45 heavy (non-hydrogen) atoms. The molecule has 10 nitrogen and oxygen atoms in total. The fourth-order valence-corrected chi connectivity index (χ4v) is 5.29. The van der Waals surface area contributed by atoms with E-state index in [4.69, 9.17) is 44.5 Å². The second-order valence-electron chi connectivity index (χ2n) is 12.1. The zero-order chi connectivity index (χ0) is 32.9. The summed E-state index contributed by atoms with van der Waals surface area (Å²) in [7, 11) is 0. The SMILES string of the molecule is CCc1ccc2ccc(/C=C/C3(C(=O)NC(C(=O)NC(C)C(=O)N4CCCC(C(=O)OCC(Cl)(Cl)Cl)N4)C(C)C)CC3)cc2n1. The Labute approximate surface area is 278 Å². The minimum Gasteiger partial charge on any atom is -0.460 e. The largest absolute Gasteiger partial charge is 0.460 e. The van der Waals surface area contributed by atoms with Gasteiger partial charge in [0, 0.05) is 17.6 Å². The maximum absolute atomic E-state index is 13.4. The van der Waals surface area contributed by atoms with Crippen LogP contribution in [0.5, 0.6) is 0 Å². The normalized spacial score (nSPS) is 19.3. The highest BCUT2D eigenvalue weighted by atomic mass is 35.6. The van der Waals surface area contributed by atoms with E-state index in [1.165, 1.54) is 5.01 Å². The Balaban J connectivity index is 1.34. The first-order chi connectivity index (χ1) is 21.2. The first-order valence-corrected chi connectivity index (χ1v) is 16.4. The van der Waals surface area contributed by atoms with Gasteiger partial charge in [0.1, 0.15) is 24.7 Å². The van der Waals surface area contributed by atoms with Gasteiger partial charge in [0.05, 0.1) is 10.9 Å². The summed E-state index contributed by atoms with van der Waals surface area (Å²) >= 11 is 17.0. The maximum Gasteiger partial charge on any atom is 0.325 e. The van der Waals surface area contributed by atoms with Gasteiger partial charge in [0.2, 0.25) is 15.6 Å². The van der Waals surface area contributed by atoms with Crippen LogP contribution in [0.3, 0.4) is 0 Å². The van der Waals surface area contributed by atoms with Crippen molar-refractivity contribution in [2.75, 3.05) is 13.2 Å². The Kier molecular flexibility index (Phi) is 11.4. The highest BCUT2D eigenvalue weighted by Crippen LogP contribution is 2.48. The Morgan fingerprint density at radius 3 is 2.49 bits per heavy atom. The van der Waals surface area contributed by atoms with E-state index in [0.717, 1.165) is 28.6 Å². The number of halogens is 3. The molecule has 2 heterocycles. The molecule has 1 aromatic carbocycles. The summed E-state index contributed by atoms with van der Waals surface area (Å²) in [5, 5.41) is 7.99. The fourth-order valence-electron chi connectivity index (χ4n) is 5.12. The lowest BCUT2D eigenvalue weighted by molar-refractivity contribution is -0.152. The summed E-state index contributed by atoms with van der Waals surface area (Å²) in [6.45, 7) is 7.20. The average Bonchev–Trinajstić information content (AvgIpc) is 3.81. The van der Waals surface area contributed by atoms with Crippen LogP contribution >= 0.6 is 34.8 Å². The molecule has 1 aromatic heterocycles. The van der Waals surface area contributed by atoms with Gasteiger partial charge >= 0.3 is 5.97 Å². The van der Waals surface area contributed by atoms with E-state index < -0.39 is 51.7 Å². The molecule has 1 aliphatic carbocycles. The van der Waals surface area contributed by atoms with E-state index in [2.05, 4.69) is 29.0 Å². The third-order valence-electron chi connectivity index (χ3n) is 8.05. The van der Waals surface area contributed by atoms with Crippen LogP contribution in [0.15, 0.2) is 36.4 Å². The molecule has 13 heteroatoms. The molecular weight excluding hydrogens is 641 g/mol. The van der Waals surface area contributed by atoms with Gasteiger partial charge in [-0.2, -0.15) is 0 Å². The lowest BCUT2D eigenvalue weighted by Gasteiger charge is -2.34. The number of pyridine rings is 1. The number of rotatable bonds is 11. The minimum atomic E-state index is -1.75. The lowest BCUT2D eigenvalue weighted by atomic mass is 9.99. The van der Waals surface area contributed by atoms with Crippen molar-refractivity contribution in [2.24, 2.45) is 11.3 Å². The van der Waals surface area contributed by atoms with Crippen molar-refractivity contribution in [3.8, 4) is 0 Å². The van der Waals surface area contributed by atoms with Crippen molar-refractivity contribution in [2.45, 2.75) is 81.7 Å². The smallest absolute Gasteiger partial charge is 0.325 e. The van der Waals surface area contributed by atoms with Gasteiger partial charge in [-0.25, -0.2) is 5.43 Å². The van der Waals surface area contributed by atoms with Crippen LogP contribution in [-0.4, -0.2) is 68.8 Å². The summed E-state index contributed by atoms with van der Waals surface area (Å²) in [6.07, 6.45) is 7.00. The highest BCUT2D eigenvalue weighted by molar-refractivity contribution is 6.67. The van der Waals surface area contributed by atoms with E-state index in [0.29, 0.717) is 32.2 Å². The number of fused-ring (bicyclic) bond motifs is 1. The van der Waals surface area contributed by atoms with Crippen molar-refractivity contribution < 1.29 is 23.9 Å². The van der Waals surface area contributed by atoms with Gasteiger partial charge in [0.25, 0.3) is 5.91 Å². The van der Waals surface area contributed by atoms with E-state index in [1.807, 2.05) is 50.3 Å². The van der Waals surface area contributed by atoms with Gasteiger partial charge in [-0.1, -0.05) is 85.9 Å². The van der Waals surface area contributed by atoms with Crippen LogP contribution in [-0.2, 0) is 30.3 Å². The topological polar surface area (TPSA) is 130 Å². The number of carbonyl (C=O) groups excluding carboxylic acids is 4. The number of hydrogen-bond acceptors (Lipinski definition) is 7. The maximum atomic E-state index is 13.4. The van der Waals surface area contributed by atoms with Crippen LogP contribution in [0.1, 0.15) is 64.6 Å². The van der Waals surface area contributed by atoms with Crippen LogP contribution in [0.4, 0.5) is 0 Å². The first kappa shape index (κ1) is 34.9. The van der Waals surface area contributed by atoms with E-state index >= 15 is 0 Å². The zero-order valence-corrected chi connectivity index (χ0v) is 28.1. The van der Waals surface area contributed by atoms with Gasteiger partial charge in [0.15, 0.2) is 0 Å². The molecule has 3 unspecified atom stereocenters. The molecule has 2 aromatic rings. The van der Waals surface area contributed by atoms with E-state index in [9.17, 15) is 19.2 Å². The van der Waals surface area contributed by atoms with Crippen LogP contribution in [0, 0.1) is 11.3 Å². The van der Waals surface area contributed by atoms with Gasteiger partial charge in [-0.3, -0.25) is 29.2 Å². The Bertz CT molecular complexity index is 1460. The van der Waals surface area contributed by atoms with Crippen LogP contribution < -0.4 is 16.1 Å². The molecule has 1 saturated heterocycles. The summed E-state index contributed by atoms with van der Waals surface area (Å²) < 4.78 is 3.30. The summed E-state index contributed by atoms with van der Waals surface area (Å²) in [4.78, 5) is 57.0. The number of nitrogens with zero attached hydrogens (tertiary/aromatic N) is 2. The third-order valence-corrected chi connectivity index (χ3v) is 8.38. The molecule has 3 N–H and O–H groups in total. The molecule has 3 atom stereocenters. The molecule has 2 fully saturated rings. The van der Waals surface area contributed by atoms with Crippen LogP contribution in [0.25, 0.3) is 17.0 Å². The van der Waals surface area contributed by atoms with Crippen molar-refractivity contribution in [3.05, 3.63) is 47.7 Å². The van der Waals surface area contributed by atoms with Crippen molar-refractivity contribution in [1.82, 2.24) is 26.1 Å². The number of hydrogen-bond donors (Lipinski definition) is 3. The number of ether oxygens (including phenoxy) is 1. The summed E-state index contributed by atoms with van der Waals surface area (Å²) in [6, 6.07) is 7.52. The second kappa shape index (κ2) is 14.7. The summed E-state index contributed by atoms with van der Waals surface area (Å²) in [5.74, 6) is -2.02. The number of nitrogens with one attached hydrogen (secondary N) is 3. The molecule has 2 aliphatic rings. The summed E-state index contributed by atoms with van der Waals surface area (Å²) in [5.41, 5.74) is 5.02. The lowest BCUT2D eigenvalue weighted by Crippen LogP contribution is -2.61. The van der Waals surface area contributed by atoms with E-state index in [-0.39, 0.29) is 11.8 Å². The predicted octanol–water partition coefficient (Wildman–Crippen LogP) is 4.65. The average molecular weight is 681 g/mol. The molecule has 1 aliphatic heterocycles. The number of hydrazine groups is 1. The molecule has 244 valence electrons. The van der Waals surface area contributed by atoms with Gasteiger partial charge < -0.3 is 15.4 Å². The monoisotopic (exact) mass is 679 g/mol. The number of alkyl halides is 3. The minimum absolute atomic E-state index is 0.229. The fraction of sp³-hybridized carbons (Fsp3) is 0.531. The Hall–Kier alpha value is -2.92. The number of benzene rings is 1. The Morgan fingerprint density at radius 1 is 1.13 bits per heavy atom. The third kappa shape index (κ3) is 9.31. The first-order valence-electron chi connectivity index (χ1n) is 15.2. The van der Waals surface area contributed by atoms with Crippen molar-refractivity contribution in [3.63, 3.8) is 0 Å². The quantitative estimate of drug-likeness (QED) is 0.233. The van der Waals surface area contributed by atoms with Gasteiger partial charge in [-0.15, -0.1) is 0 Å². The van der Waals surface area contributed by atoms with Crippen LogP contribution in [0.2, 0.25) is 0 Å². The number of carbonyl (C=O) groups is 4. The molecule has 3 amide bonds. The standard InChI is InChI=1S/C32H40Cl3N5O5/c1-5-23-11-10-22-9-8-21(17-25(22)37-23)12-13-31(14-15-31)30(44)38-26(19(2)3)27(41)36-20(4)28(42)40-16-6-7-24(39-40)29(43)45-18-32(33,34)35/h8-13,17,19-20,24,26,39H,5-7,14-16,18H2,1-4H3,(H,36,41)(H,38,44)/b13-12+. The number of amides is 3. The predicted molar refractivity (Wildman–Crippen MR) is 175 cm³/mol. The van der Waals surface area contributed by atoms with E-state index in [1.54, 1.807) is 6.92 Å².